The van der Waals surface area contributed by atoms with Crippen LogP contribution >= 0.6 is 11.6 Å². The van der Waals surface area contributed by atoms with Gasteiger partial charge in [0.1, 0.15) is 0 Å². The quantitative estimate of drug-likeness (QED) is 0.789. The van der Waals surface area contributed by atoms with Crippen molar-refractivity contribution in [3.05, 3.63) is 28.8 Å². The van der Waals surface area contributed by atoms with Crippen LogP contribution in [0.15, 0.2) is 18.2 Å². The van der Waals surface area contributed by atoms with Gasteiger partial charge in [-0.05, 0) is 18.2 Å². The number of amides is 1. The molecule has 0 aromatic heterocycles. The van der Waals surface area contributed by atoms with Crippen LogP contribution in [-0.2, 0) is 11.0 Å². The minimum atomic E-state index is -6.18. The fourth-order valence-electron chi connectivity index (χ4n) is 1.16. The minimum Gasteiger partial charge on any atom is -0.320 e. The highest BCUT2D eigenvalue weighted by Crippen LogP contribution is 2.37. The number of nitrogens with one attached hydrogen (secondary N) is 1. The average molecular weight is 342 g/mol. The molecule has 0 heterocycles. The predicted molar refractivity (Wildman–Crippen MR) is 56.1 cm³/mol. The number of carbonyl (C=O) groups is 1. The average Bonchev–Trinajstić information content (AvgIpc) is 2.25. The molecule has 0 aliphatic carbocycles. The fraction of sp³-hybridized carbons (Fsp3) is 0.300. The van der Waals surface area contributed by atoms with Crippen molar-refractivity contribution in [2.45, 2.75) is 18.3 Å². The standard InChI is InChI=1S/C10H4ClF8NO/c11-5-1-4(9(14,15)16)2-6(3-5)20-7(21)8(12,13)10(17,18)19/h1-3H,(H,20,21). The SMILES string of the molecule is O=C(Nc1cc(Cl)cc(C(F)(F)F)c1)C(F)(F)C(F)(F)F. The highest BCUT2D eigenvalue weighted by Gasteiger charge is 2.63. The number of rotatable bonds is 2. The molecule has 11 heteroatoms. The molecule has 0 saturated carbocycles. The normalized spacial score (nSPS) is 13.2. The summed E-state index contributed by atoms with van der Waals surface area (Å²) < 4.78 is 98.3. The largest absolute Gasteiger partial charge is 0.463 e. The van der Waals surface area contributed by atoms with Gasteiger partial charge in [-0.3, -0.25) is 4.79 Å². The molecule has 0 saturated heterocycles. The molecular weight excluding hydrogens is 338 g/mol. The molecule has 0 radical (unpaired) electrons. The summed E-state index contributed by atoms with van der Waals surface area (Å²) in [6, 6.07) is 1.19. The summed E-state index contributed by atoms with van der Waals surface area (Å²) in [7, 11) is 0. The molecule has 0 fully saturated rings. The van der Waals surface area contributed by atoms with Crippen molar-refractivity contribution in [1.29, 1.82) is 0 Å². The minimum absolute atomic E-state index is 0.177. The van der Waals surface area contributed by atoms with Gasteiger partial charge in [-0.25, -0.2) is 0 Å². The Hall–Kier alpha value is -1.58. The van der Waals surface area contributed by atoms with E-state index in [9.17, 15) is 39.9 Å². The lowest BCUT2D eigenvalue weighted by atomic mass is 10.2. The molecule has 1 N–H and O–H groups in total. The van der Waals surface area contributed by atoms with Gasteiger partial charge in [-0.1, -0.05) is 11.6 Å². The van der Waals surface area contributed by atoms with E-state index in [0.717, 1.165) is 5.32 Å². The molecule has 118 valence electrons. The molecule has 1 amide bonds. The van der Waals surface area contributed by atoms with Gasteiger partial charge in [0.2, 0.25) is 0 Å². The van der Waals surface area contributed by atoms with Crippen molar-refractivity contribution in [3.8, 4) is 0 Å². The van der Waals surface area contributed by atoms with E-state index < -0.39 is 40.5 Å². The first-order valence-corrected chi connectivity index (χ1v) is 5.26. The van der Waals surface area contributed by atoms with Gasteiger partial charge in [0, 0.05) is 10.7 Å². The van der Waals surface area contributed by atoms with Crippen LogP contribution in [0, 0.1) is 0 Å². The molecule has 21 heavy (non-hydrogen) atoms. The number of carbonyl (C=O) groups excluding carboxylic acids is 1. The first-order chi connectivity index (χ1) is 9.25. The maximum absolute atomic E-state index is 12.7. The van der Waals surface area contributed by atoms with Crippen LogP contribution < -0.4 is 5.32 Å². The maximum Gasteiger partial charge on any atom is 0.463 e. The summed E-state index contributed by atoms with van der Waals surface area (Å²) in [5, 5.41) is 0.447. The monoisotopic (exact) mass is 341 g/mol. The topological polar surface area (TPSA) is 29.1 Å². The molecule has 0 aliphatic heterocycles. The lowest BCUT2D eigenvalue weighted by molar-refractivity contribution is -0.267. The number of hydrogen-bond donors (Lipinski definition) is 1. The molecule has 0 unspecified atom stereocenters. The summed E-state index contributed by atoms with van der Waals surface area (Å²) in [5.41, 5.74) is -2.36. The predicted octanol–water partition coefficient (Wildman–Crippen LogP) is 4.49. The number of benzene rings is 1. The van der Waals surface area contributed by atoms with Gasteiger partial charge in [0.05, 0.1) is 5.56 Å². The third-order valence-electron chi connectivity index (χ3n) is 2.12. The lowest BCUT2D eigenvalue weighted by Crippen LogP contribution is -2.47. The van der Waals surface area contributed by atoms with E-state index in [1.165, 1.54) is 0 Å². The van der Waals surface area contributed by atoms with Crippen LogP contribution in [0.25, 0.3) is 0 Å². The maximum atomic E-state index is 12.7. The third kappa shape index (κ3) is 3.96. The molecule has 0 bridgehead atoms. The van der Waals surface area contributed by atoms with Gasteiger partial charge in [-0.2, -0.15) is 35.1 Å². The van der Waals surface area contributed by atoms with Crippen molar-refractivity contribution in [2.75, 3.05) is 5.32 Å². The van der Waals surface area contributed by atoms with E-state index >= 15 is 0 Å². The zero-order valence-electron chi connectivity index (χ0n) is 9.54. The molecule has 1 aromatic rings. The van der Waals surface area contributed by atoms with Crippen molar-refractivity contribution >= 4 is 23.2 Å². The summed E-state index contributed by atoms with van der Waals surface area (Å²) in [5.74, 6) is -8.57. The lowest BCUT2D eigenvalue weighted by Gasteiger charge is -2.19. The van der Waals surface area contributed by atoms with Crippen molar-refractivity contribution < 1.29 is 39.9 Å². The van der Waals surface area contributed by atoms with E-state index in [0.29, 0.717) is 12.1 Å². The van der Waals surface area contributed by atoms with E-state index in [1.807, 2.05) is 0 Å². The Balaban J connectivity index is 3.10. The fourth-order valence-corrected chi connectivity index (χ4v) is 1.40. The number of halogens is 9. The Morgan fingerprint density at radius 2 is 1.48 bits per heavy atom. The first-order valence-electron chi connectivity index (χ1n) is 4.89. The third-order valence-corrected chi connectivity index (χ3v) is 2.34. The van der Waals surface area contributed by atoms with Crippen molar-refractivity contribution in [3.63, 3.8) is 0 Å². The van der Waals surface area contributed by atoms with E-state index in [2.05, 4.69) is 0 Å². The highest BCUT2D eigenvalue weighted by molar-refractivity contribution is 6.31. The van der Waals surface area contributed by atoms with Gasteiger partial charge in [-0.15, -0.1) is 0 Å². The van der Waals surface area contributed by atoms with Crippen LogP contribution in [0.5, 0.6) is 0 Å². The molecule has 1 rings (SSSR count). The van der Waals surface area contributed by atoms with E-state index in [1.54, 1.807) is 0 Å². The van der Waals surface area contributed by atoms with Crippen molar-refractivity contribution in [2.24, 2.45) is 0 Å². The van der Waals surface area contributed by atoms with Gasteiger partial charge in [0.15, 0.2) is 0 Å². The van der Waals surface area contributed by atoms with Crippen LogP contribution in [0.4, 0.5) is 40.8 Å². The Labute approximate surface area is 116 Å². The van der Waals surface area contributed by atoms with Crippen LogP contribution in [0.3, 0.4) is 0 Å². The zero-order chi connectivity index (χ0) is 16.6. The molecule has 0 atom stereocenters. The Kier molecular flexibility index (Phi) is 4.42. The van der Waals surface area contributed by atoms with E-state index in [4.69, 9.17) is 11.6 Å². The number of anilines is 1. The Bertz CT molecular complexity index is 551. The zero-order valence-corrected chi connectivity index (χ0v) is 10.3. The number of alkyl halides is 8. The second kappa shape index (κ2) is 5.32. The van der Waals surface area contributed by atoms with Crippen LogP contribution in [0.2, 0.25) is 5.02 Å². The second-order valence-corrected chi connectivity index (χ2v) is 4.19. The summed E-state index contributed by atoms with van der Waals surface area (Å²) in [6.07, 6.45) is -11.1. The summed E-state index contributed by atoms with van der Waals surface area (Å²) >= 11 is 5.28. The van der Waals surface area contributed by atoms with E-state index in [-0.39, 0.29) is 6.07 Å². The number of hydrogen-bond acceptors (Lipinski definition) is 1. The Morgan fingerprint density at radius 1 is 0.952 bits per heavy atom. The molecule has 2 nitrogen and oxygen atoms in total. The summed E-state index contributed by atoms with van der Waals surface area (Å²) in [4.78, 5) is 10.8. The van der Waals surface area contributed by atoms with Gasteiger partial charge in [0.25, 0.3) is 0 Å². The highest BCUT2D eigenvalue weighted by atomic mass is 35.5. The molecule has 0 aliphatic rings. The van der Waals surface area contributed by atoms with Crippen LogP contribution in [0.1, 0.15) is 5.56 Å². The molecule has 1 aromatic carbocycles. The van der Waals surface area contributed by atoms with Gasteiger partial charge >= 0.3 is 24.2 Å². The molecular formula is C10H4ClF8NO. The van der Waals surface area contributed by atoms with Crippen LogP contribution in [-0.4, -0.2) is 18.0 Å². The summed E-state index contributed by atoms with van der Waals surface area (Å²) in [6.45, 7) is 0. The van der Waals surface area contributed by atoms with Crippen molar-refractivity contribution in [1.82, 2.24) is 0 Å². The first kappa shape index (κ1) is 17.5. The smallest absolute Gasteiger partial charge is 0.320 e. The van der Waals surface area contributed by atoms with Gasteiger partial charge < -0.3 is 5.32 Å². The second-order valence-electron chi connectivity index (χ2n) is 3.75. The molecule has 0 spiro atoms. The Morgan fingerprint density at radius 3 is 1.90 bits per heavy atom.